The van der Waals surface area contributed by atoms with Gasteiger partial charge in [0.15, 0.2) is 17.3 Å². The van der Waals surface area contributed by atoms with Crippen molar-refractivity contribution in [3.05, 3.63) is 112 Å². The van der Waals surface area contributed by atoms with Crippen LogP contribution >= 0.6 is 0 Å². The van der Waals surface area contributed by atoms with E-state index >= 15 is 4.39 Å². The number of halogens is 2. The summed E-state index contributed by atoms with van der Waals surface area (Å²) < 4.78 is 42.7. The third kappa shape index (κ3) is 5.31. The number of anilines is 1. The lowest BCUT2D eigenvalue weighted by molar-refractivity contribution is -0.116. The first-order chi connectivity index (χ1) is 19.2. The van der Waals surface area contributed by atoms with Gasteiger partial charge in [0.1, 0.15) is 19.0 Å². The summed E-state index contributed by atoms with van der Waals surface area (Å²) in [5.74, 6) is -1.28. The van der Waals surface area contributed by atoms with Gasteiger partial charge < -0.3 is 14.8 Å². The second-order valence-corrected chi connectivity index (χ2v) is 9.43. The van der Waals surface area contributed by atoms with E-state index in [1.165, 1.54) is 46.6 Å². The Morgan fingerprint density at radius 3 is 2.40 bits per heavy atom. The average molecular weight is 544 g/mol. The highest BCUT2D eigenvalue weighted by Crippen LogP contribution is 2.38. The van der Waals surface area contributed by atoms with Crippen LogP contribution in [0.5, 0.6) is 11.5 Å². The van der Waals surface area contributed by atoms with Crippen molar-refractivity contribution in [2.24, 2.45) is 7.05 Å². The lowest BCUT2D eigenvalue weighted by atomic mass is 10.0. The van der Waals surface area contributed by atoms with Gasteiger partial charge in [-0.05, 0) is 72.1 Å². The molecular formula is C31H27F2N3O4. The molecule has 40 heavy (non-hydrogen) atoms. The molecule has 0 bridgehead atoms. The Morgan fingerprint density at radius 2 is 1.70 bits per heavy atom. The van der Waals surface area contributed by atoms with Crippen LogP contribution in [0, 0.1) is 18.6 Å². The Hall–Kier alpha value is -4.92. The molecule has 4 aromatic carbocycles. The maximum atomic E-state index is 15.4. The Bertz CT molecular complexity index is 1760. The molecule has 5 rings (SSSR count). The van der Waals surface area contributed by atoms with E-state index < -0.39 is 23.2 Å². The van der Waals surface area contributed by atoms with Crippen molar-refractivity contribution in [2.45, 2.75) is 20.1 Å². The molecule has 0 aliphatic carbocycles. The van der Waals surface area contributed by atoms with Crippen LogP contribution in [0.3, 0.4) is 0 Å². The van der Waals surface area contributed by atoms with E-state index in [0.29, 0.717) is 27.8 Å². The van der Waals surface area contributed by atoms with Crippen LogP contribution in [0.4, 0.5) is 14.5 Å². The number of hydrogen-bond donors (Lipinski definition) is 1. The van der Waals surface area contributed by atoms with Gasteiger partial charge in [-0.1, -0.05) is 30.3 Å². The number of fused-ring (bicyclic) bond motifs is 1. The summed E-state index contributed by atoms with van der Waals surface area (Å²) in [5.41, 5.74) is 3.82. The van der Waals surface area contributed by atoms with Gasteiger partial charge in [-0.2, -0.15) is 0 Å². The summed E-state index contributed by atoms with van der Waals surface area (Å²) in [5, 5.41) is 2.68. The van der Waals surface area contributed by atoms with Gasteiger partial charge in [0.05, 0.1) is 18.1 Å². The number of hydrogen-bond acceptors (Lipinski definition) is 4. The zero-order valence-corrected chi connectivity index (χ0v) is 22.2. The number of rotatable bonds is 8. The first-order valence-electron chi connectivity index (χ1n) is 12.5. The fraction of sp³-hybridized carbons (Fsp3) is 0.161. The highest BCUT2D eigenvalue weighted by Gasteiger charge is 2.21. The molecule has 1 N–H and O–H groups in total. The molecule has 0 spiro atoms. The number of carbonyl (C=O) groups is 1. The SMILES string of the molecule is COc1cc(-c2cc(C)cc3c2n(C)c(=O)n3CC(=O)Nc2ccc(F)cc2)cc(F)c1OCc1ccccc1. The Balaban J connectivity index is 1.52. The monoisotopic (exact) mass is 543 g/mol. The van der Waals surface area contributed by atoms with E-state index in [2.05, 4.69) is 5.32 Å². The molecule has 1 aromatic heterocycles. The molecule has 0 fully saturated rings. The molecule has 0 unspecified atom stereocenters. The number of aryl methyl sites for hydroxylation is 2. The number of aromatic nitrogens is 2. The highest BCUT2D eigenvalue weighted by molar-refractivity contribution is 5.96. The van der Waals surface area contributed by atoms with Gasteiger partial charge >= 0.3 is 5.69 Å². The van der Waals surface area contributed by atoms with Crippen LogP contribution in [-0.4, -0.2) is 22.2 Å². The summed E-state index contributed by atoms with van der Waals surface area (Å²) in [6.45, 7) is 1.76. The van der Waals surface area contributed by atoms with Gasteiger partial charge in [-0.25, -0.2) is 13.6 Å². The van der Waals surface area contributed by atoms with Crippen molar-refractivity contribution >= 4 is 22.6 Å². The van der Waals surface area contributed by atoms with Crippen LogP contribution in [0.2, 0.25) is 0 Å². The maximum absolute atomic E-state index is 15.4. The van der Waals surface area contributed by atoms with Crippen LogP contribution in [0.15, 0.2) is 83.7 Å². The van der Waals surface area contributed by atoms with E-state index in [4.69, 9.17) is 9.47 Å². The summed E-state index contributed by atoms with van der Waals surface area (Å²) in [4.78, 5) is 26.0. The molecule has 0 saturated carbocycles. The van der Waals surface area contributed by atoms with Crippen molar-refractivity contribution in [1.29, 1.82) is 0 Å². The summed E-state index contributed by atoms with van der Waals surface area (Å²) in [6.07, 6.45) is 0. The molecule has 1 amide bonds. The van der Waals surface area contributed by atoms with Gasteiger partial charge in [0.2, 0.25) is 5.91 Å². The smallest absolute Gasteiger partial charge is 0.329 e. The summed E-state index contributed by atoms with van der Waals surface area (Å²) in [6, 6.07) is 21.4. The van der Waals surface area contributed by atoms with Crippen LogP contribution in [0.25, 0.3) is 22.2 Å². The first kappa shape index (κ1) is 26.7. The predicted octanol–water partition coefficient (Wildman–Crippen LogP) is 5.82. The molecular weight excluding hydrogens is 516 g/mol. The Kier molecular flexibility index (Phi) is 7.37. The van der Waals surface area contributed by atoms with Crippen molar-refractivity contribution < 1.29 is 23.0 Å². The number of ether oxygens (including phenoxy) is 2. The third-order valence-corrected chi connectivity index (χ3v) is 6.57. The zero-order valence-electron chi connectivity index (χ0n) is 22.2. The minimum atomic E-state index is -0.608. The van der Waals surface area contributed by atoms with Crippen molar-refractivity contribution in [3.63, 3.8) is 0 Å². The van der Waals surface area contributed by atoms with E-state index in [-0.39, 0.29) is 24.7 Å². The quantitative estimate of drug-likeness (QED) is 0.268. The van der Waals surface area contributed by atoms with Gasteiger partial charge in [-0.3, -0.25) is 13.9 Å². The Morgan fingerprint density at radius 1 is 0.975 bits per heavy atom. The second-order valence-electron chi connectivity index (χ2n) is 9.43. The number of nitrogens with zero attached hydrogens (tertiary/aromatic N) is 2. The third-order valence-electron chi connectivity index (χ3n) is 6.57. The molecule has 7 nitrogen and oxygen atoms in total. The number of imidazole rings is 1. The fourth-order valence-electron chi connectivity index (χ4n) is 4.69. The minimum absolute atomic E-state index is 0.0112. The molecule has 0 atom stereocenters. The number of benzene rings is 4. The van der Waals surface area contributed by atoms with E-state index in [1.54, 1.807) is 19.2 Å². The standard InChI is InChI=1S/C31H27F2N3O4/c1-19-13-24(21-15-25(33)30(27(16-21)39-3)40-18-20-7-5-4-6-8-20)29-26(14-19)36(31(38)35(29)2)17-28(37)34-23-11-9-22(32)10-12-23/h4-16H,17-18H2,1-3H3,(H,34,37). The molecule has 5 aromatic rings. The number of amides is 1. The fourth-order valence-corrected chi connectivity index (χ4v) is 4.69. The zero-order chi connectivity index (χ0) is 28.4. The lowest BCUT2D eigenvalue weighted by Crippen LogP contribution is -2.28. The predicted molar refractivity (Wildman–Crippen MR) is 150 cm³/mol. The topological polar surface area (TPSA) is 74.5 Å². The average Bonchev–Trinajstić information content (AvgIpc) is 3.17. The molecule has 0 saturated heterocycles. The van der Waals surface area contributed by atoms with E-state index in [1.807, 2.05) is 43.3 Å². The molecule has 0 radical (unpaired) electrons. The summed E-state index contributed by atoms with van der Waals surface area (Å²) in [7, 11) is 3.04. The molecule has 9 heteroatoms. The largest absolute Gasteiger partial charge is 0.493 e. The number of carbonyl (C=O) groups excluding carboxylic acids is 1. The van der Waals surface area contributed by atoms with Crippen molar-refractivity contribution in [3.8, 4) is 22.6 Å². The van der Waals surface area contributed by atoms with Crippen LogP contribution in [0.1, 0.15) is 11.1 Å². The van der Waals surface area contributed by atoms with Crippen LogP contribution < -0.4 is 20.5 Å². The highest BCUT2D eigenvalue weighted by atomic mass is 19.1. The summed E-state index contributed by atoms with van der Waals surface area (Å²) >= 11 is 0. The Labute approximate surface area is 229 Å². The molecule has 204 valence electrons. The maximum Gasteiger partial charge on any atom is 0.329 e. The van der Waals surface area contributed by atoms with Crippen LogP contribution in [-0.2, 0) is 25.0 Å². The first-order valence-corrected chi connectivity index (χ1v) is 12.5. The number of nitrogens with one attached hydrogen (secondary N) is 1. The van der Waals surface area contributed by atoms with E-state index in [9.17, 15) is 14.0 Å². The molecule has 0 aliphatic rings. The lowest BCUT2D eigenvalue weighted by Gasteiger charge is -2.15. The van der Waals surface area contributed by atoms with Crippen molar-refractivity contribution in [2.75, 3.05) is 12.4 Å². The molecule has 1 heterocycles. The minimum Gasteiger partial charge on any atom is -0.493 e. The van der Waals surface area contributed by atoms with E-state index in [0.717, 1.165) is 11.1 Å². The van der Waals surface area contributed by atoms with Crippen molar-refractivity contribution in [1.82, 2.24) is 9.13 Å². The number of methoxy groups -OCH3 is 1. The second kappa shape index (κ2) is 11.1. The molecule has 0 aliphatic heterocycles. The van der Waals surface area contributed by atoms with Gasteiger partial charge in [-0.15, -0.1) is 0 Å². The normalized spacial score (nSPS) is 11.0. The van der Waals surface area contributed by atoms with Gasteiger partial charge in [0, 0.05) is 18.3 Å². The van der Waals surface area contributed by atoms with Gasteiger partial charge in [0.25, 0.3) is 0 Å².